The van der Waals surface area contributed by atoms with E-state index in [0.29, 0.717) is 10.8 Å². The van der Waals surface area contributed by atoms with Crippen LogP contribution in [-0.4, -0.2) is 9.97 Å². The second-order valence-electron chi connectivity index (χ2n) is 2.88. The van der Waals surface area contributed by atoms with Crippen molar-refractivity contribution in [3.63, 3.8) is 0 Å². The van der Waals surface area contributed by atoms with Crippen molar-refractivity contribution in [2.75, 3.05) is 0 Å². The van der Waals surface area contributed by atoms with E-state index in [0.717, 1.165) is 12.8 Å². The second-order valence-corrected chi connectivity index (χ2v) is 3.32. The van der Waals surface area contributed by atoms with Crippen LogP contribution in [-0.2, 0) is 5.54 Å². The van der Waals surface area contributed by atoms with Crippen LogP contribution in [0.5, 0.6) is 0 Å². The fourth-order valence-electron chi connectivity index (χ4n) is 0.928. The molecule has 1 fully saturated rings. The molecule has 2 rings (SSSR count). The van der Waals surface area contributed by atoms with Gasteiger partial charge in [0, 0.05) is 12.4 Å². The maximum atomic E-state index is 5.85. The summed E-state index contributed by atoms with van der Waals surface area (Å²) in [5.41, 5.74) is 5.60. The van der Waals surface area contributed by atoms with Crippen LogP contribution in [0.4, 0.5) is 0 Å². The summed E-state index contributed by atoms with van der Waals surface area (Å²) >= 11 is 5.62. The molecule has 0 aromatic carbocycles. The molecule has 66 valence electrons. The van der Waals surface area contributed by atoms with Gasteiger partial charge in [-0.3, -0.25) is 0 Å². The van der Waals surface area contributed by atoms with Crippen LogP contribution in [0.2, 0.25) is 5.02 Å². The molecule has 12 heavy (non-hydrogen) atoms. The van der Waals surface area contributed by atoms with E-state index in [1.165, 1.54) is 0 Å². The molecule has 1 aromatic rings. The predicted molar refractivity (Wildman–Crippen MR) is 52.5 cm³/mol. The molecule has 1 aromatic heterocycles. The maximum Gasteiger partial charge on any atom is 0.148 e. The number of aromatic nitrogens is 2. The van der Waals surface area contributed by atoms with E-state index < -0.39 is 0 Å². The zero-order valence-corrected chi connectivity index (χ0v) is 8.80. The average molecular weight is 251 g/mol. The van der Waals surface area contributed by atoms with Crippen molar-refractivity contribution in [2.24, 2.45) is 5.73 Å². The Morgan fingerprint density at radius 2 is 1.83 bits per heavy atom. The van der Waals surface area contributed by atoms with Crippen LogP contribution in [0.15, 0.2) is 12.4 Å². The molecular weight excluding hydrogens is 241 g/mol. The van der Waals surface area contributed by atoms with Crippen molar-refractivity contribution in [1.82, 2.24) is 9.97 Å². The molecule has 5 heteroatoms. The number of nitrogens with zero attached hydrogens (tertiary/aromatic N) is 2. The molecule has 0 radical (unpaired) electrons. The molecular formula is C7H9BrClN3. The Kier molecular flexibility index (Phi) is 2.70. The standard InChI is InChI=1S/C7H8ClN3.BrH/c8-5-3-10-6(11-4-5)7(9)1-2-7;/h3-4H,1-2,9H2;1H. The number of hydrogen-bond donors (Lipinski definition) is 1. The highest BCUT2D eigenvalue weighted by atomic mass is 79.9. The Morgan fingerprint density at radius 3 is 2.25 bits per heavy atom. The Hall–Kier alpha value is -0.190. The highest BCUT2D eigenvalue weighted by Crippen LogP contribution is 2.40. The van der Waals surface area contributed by atoms with E-state index >= 15 is 0 Å². The summed E-state index contributed by atoms with van der Waals surface area (Å²) in [6, 6.07) is 0. The summed E-state index contributed by atoms with van der Waals surface area (Å²) in [6.07, 6.45) is 5.12. The number of hydrogen-bond acceptors (Lipinski definition) is 3. The van der Waals surface area contributed by atoms with Crippen LogP contribution in [0, 0.1) is 0 Å². The third-order valence-corrected chi connectivity index (χ3v) is 2.05. The summed E-state index contributed by atoms with van der Waals surface area (Å²) in [5, 5.41) is 0.554. The SMILES string of the molecule is Br.NC1(c2ncc(Cl)cn2)CC1. The van der Waals surface area contributed by atoms with Gasteiger partial charge < -0.3 is 5.73 Å². The van der Waals surface area contributed by atoms with Crippen molar-refractivity contribution in [1.29, 1.82) is 0 Å². The lowest BCUT2D eigenvalue weighted by molar-refractivity contribution is 0.672. The van der Waals surface area contributed by atoms with Gasteiger partial charge in [0.15, 0.2) is 0 Å². The highest BCUT2D eigenvalue weighted by Gasteiger charge is 2.42. The van der Waals surface area contributed by atoms with Gasteiger partial charge in [-0.25, -0.2) is 9.97 Å². The van der Waals surface area contributed by atoms with E-state index in [9.17, 15) is 0 Å². The predicted octanol–water partition coefficient (Wildman–Crippen LogP) is 1.66. The molecule has 0 spiro atoms. The molecule has 0 bridgehead atoms. The van der Waals surface area contributed by atoms with Gasteiger partial charge in [-0.1, -0.05) is 11.6 Å². The van der Waals surface area contributed by atoms with E-state index in [1.807, 2.05) is 0 Å². The van der Waals surface area contributed by atoms with E-state index in [2.05, 4.69) is 9.97 Å². The first-order valence-corrected chi connectivity index (χ1v) is 3.85. The molecule has 0 saturated heterocycles. The fraction of sp³-hybridized carbons (Fsp3) is 0.429. The first-order chi connectivity index (χ1) is 5.21. The van der Waals surface area contributed by atoms with Crippen LogP contribution < -0.4 is 5.73 Å². The van der Waals surface area contributed by atoms with Gasteiger partial charge in [0.25, 0.3) is 0 Å². The van der Waals surface area contributed by atoms with Crippen molar-refractivity contribution < 1.29 is 0 Å². The summed E-state index contributed by atoms with van der Waals surface area (Å²) in [5.74, 6) is 0.710. The van der Waals surface area contributed by atoms with E-state index in [1.54, 1.807) is 12.4 Å². The Balaban J connectivity index is 0.000000720. The van der Waals surface area contributed by atoms with Gasteiger partial charge in [-0.05, 0) is 12.8 Å². The monoisotopic (exact) mass is 249 g/mol. The molecule has 3 nitrogen and oxygen atoms in total. The molecule has 1 saturated carbocycles. The second kappa shape index (κ2) is 3.28. The molecule has 1 aliphatic carbocycles. The first-order valence-electron chi connectivity index (χ1n) is 3.48. The van der Waals surface area contributed by atoms with E-state index in [-0.39, 0.29) is 22.5 Å². The molecule has 0 amide bonds. The summed E-state index contributed by atoms with van der Waals surface area (Å²) < 4.78 is 0. The van der Waals surface area contributed by atoms with Gasteiger partial charge in [0.2, 0.25) is 0 Å². The van der Waals surface area contributed by atoms with Crippen LogP contribution in [0.1, 0.15) is 18.7 Å². The minimum absolute atomic E-state index is 0. The third kappa shape index (κ3) is 1.76. The summed E-state index contributed by atoms with van der Waals surface area (Å²) in [4.78, 5) is 8.09. The van der Waals surface area contributed by atoms with Gasteiger partial charge in [0.05, 0.1) is 10.6 Å². The molecule has 0 atom stereocenters. The van der Waals surface area contributed by atoms with Crippen molar-refractivity contribution >= 4 is 28.6 Å². The molecule has 0 unspecified atom stereocenters. The van der Waals surface area contributed by atoms with Gasteiger partial charge >= 0.3 is 0 Å². The summed E-state index contributed by atoms with van der Waals surface area (Å²) in [7, 11) is 0. The zero-order chi connectivity index (χ0) is 7.90. The third-order valence-electron chi connectivity index (χ3n) is 1.85. The lowest BCUT2D eigenvalue weighted by Gasteiger charge is -2.04. The van der Waals surface area contributed by atoms with Crippen molar-refractivity contribution in [2.45, 2.75) is 18.4 Å². The van der Waals surface area contributed by atoms with Crippen molar-refractivity contribution in [3.8, 4) is 0 Å². The number of nitrogens with two attached hydrogens (primary N) is 1. The Morgan fingerprint density at radius 1 is 1.33 bits per heavy atom. The normalized spacial score (nSPS) is 18.2. The quantitative estimate of drug-likeness (QED) is 0.825. The minimum Gasteiger partial charge on any atom is -0.319 e. The number of rotatable bonds is 1. The molecule has 0 aliphatic heterocycles. The smallest absolute Gasteiger partial charge is 0.148 e. The lowest BCUT2D eigenvalue weighted by atomic mass is 10.3. The van der Waals surface area contributed by atoms with Gasteiger partial charge in [-0.15, -0.1) is 17.0 Å². The first kappa shape index (κ1) is 9.89. The molecule has 2 N–H and O–H groups in total. The fourth-order valence-corrected chi connectivity index (χ4v) is 1.03. The van der Waals surface area contributed by atoms with E-state index in [4.69, 9.17) is 17.3 Å². The number of halogens is 2. The summed E-state index contributed by atoms with van der Waals surface area (Å²) in [6.45, 7) is 0. The highest BCUT2D eigenvalue weighted by molar-refractivity contribution is 8.93. The molecule has 1 heterocycles. The molecule has 1 aliphatic rings. The minimum atomic E-state index is -0.245. The van der Waals surface area contributed by atoms with Crippen molar-refractivity contribution in [3.05, 3.63) is 23.2 Å². The zero-order valence-electron chi connectivity index (χ0n) is 6.33. The average Bonchev–Trinajstić information content (AvgIpc) is 2.70. The van der Waals surface area contributed by atoms with Gasteiger partial charge in [-0.2, -0.15) is 0 Å². The Bertz CT molecular complexity index is 270. The van der Waals surface area contributed by atoms with Crippen LogP contribution >= 0.6 is 28.6 Å². The van der Waals surface area contributed by atoms with Gasteiger partial charge in [0.1, 0.15) is 5.82 Å². The van der Waals surface area contributed by atoms with Crippen LogP contribution in [0.3, 0.4) is 0 Å². The largest absolute Gasteiger partial charge is 0.319 e. The lowest BCUT2D eigenvalue weighted by Crippen LogP contribution is -2.21. The topological polar surface area (TPSA) is 51.8 Å². The maximum absolute atomic E-state index is 5.85. The van der Waals surface area contributed by atoms with Crippen LogP contribution in [0.25, 0.3) is 0 Å². The Labute approximate surface area is 86.1 Å².